The summed E-state index contributed by atoms with van der Waals surface area (Å²) in [6, 6.07) is 7.33. The minimum Gasteiger partial charge on any atom is -0.491 e. The van der Waals surface area contributed by atoms with Crippen LogP contribution in [0.25, 0.3) is 0 Å². The number of para-hydroxylation sites is 1. The molecule has 0 unspecified atom stereocenters. The molecule has 116 valence electrons. The van der Waals surface area contributed by atoms with Crippen LogP contribution in [0.3, 0.4) is 0 Å². The van der Waals surface area contributed by atoms with Crippen LogP contribution >= 0.6 is 0 Å². The summed E-state index contributed by atoms with van der Waals surface area (Å²) in [5.74, 6) is 0.592. The molecule has 1 heterocycles. The van der Waals surface area contributed by atoms with E-state index in [1.54, 1.807) is 6.07 Å². The smallest absolute Gasteiger partial charge is 0.192 e. The number of hydrogen-bond acceptors (Lipinski definition) is 5. The van der Waals surface area contributed by atoms with E-state index in [1.165, 1.54) is 0 Å². The molecule has 0 amide bonds. The molecule has 0 N–H and O–H groups in total. The summed E-state index contributed by atoms with van der Waals surface area (Å²) in [6.07, 6.45) is 0. The predicted octanol–water partition coefficient (Wildman–Crippen LogP) is 1.62. The average molecular weight is 293 g/mol. The van der Waals surface area contributed by atoms with E-state index in [9.17, 15) is 4.79 Å². The zero-order valence-electron chi connectivity index (χ0n) is 12.5. The summed E-state index contributed by atoms with van der Waals surface area (Å²) in [6.45, 7) is 7.36. The number of Topliss-reactive ketones (excluding diaryl/α,β-unsaturated/α-hetero) is 1. The first-order chi connectivity index (χ1) is 10.3. The number of ketones is 1. The SMILES string of the molecule is CCOCC(=O)c1ccccc1OCCN1CCOCC1. The molecule has 1 fully saturated rings. The molecule has 0 bridgehead atoms. The van der Waals surface area contributed by atoms with Crippen molar-refractivity contribution < 1.29 is 19.0 Å². The molecule has 0 atom stereocenters. The number of benzene rings is 1. The van der Waals surface area contributed by atoms with Gasteiger partial charge in [0.05, 0.1) is 18.8 Å². The molecular weight excluding hydrogens is 270 g/mol. The Morgan fingerprint density at radius 1 is 1.29 bits per heavy atom. The fourth-order valence-electron chi connectivity index (χ4n) is 2.20. The third-order valence-electron chi connectivity index (χ3n) is 3.39. The number of hydrogen-bond donors (Lipinski definition) is 0. The minimum atomic E-state index is -0.0428. The summed E-state index contributed by atoms with van der Waals surface area (Å²) >= 11 is 0. The molecule has 0 spiro atoms. The van der Waals surface area contributed by atoms with Crippen LogP contribution in [0.15, 0.2) is 24.3 Å². The van der Waals surface area contributed by atoms with Crippen LogP contribution in [0.5, 0.6) is 5.75 Å². The Labute approximate surface area is 125 Å². The van der Waals surface area contributed by atoms with Crippen molar-refractivity contribution >= 4 is 5.78 Å². The molecule has 5 heteroatoms. The third-order valence-corrected chi connectivity index (χ3v) is 3.39. The minimum absolute atomic E-state index is 0.0428. The van der Waals surface area contributed by atoms with Gasteiger partial charge in [-0.1, -0.05) is 12.1 Å². The second-order valence-electron chi connectivity index (χ2n) is 4.86. The van der Waals surface area contributed by atoms with Gasteiger partial charge in [-0.05, 0) is 19.1 Å². The lowest BCUT2D eigenvalue weighted by molar-refractivity contribution is 0.0322. The fraction of sp³-hybridized carbons (Fsp3) is 0.562. The lowest BCUT2D eigenvalue weighted by atomic mass is 10.1. The van der Waals surface area contributed by atoms with Gasteiger partial charge in [0, 0.05) is 26.2 Å². The Hall–Kier alpha value is -1.43. The van der Waals surface area contributed by atoms with Gasteiger partial charge in [0.15, 0.2) is 5.78 Å². The molecule has 21 heavy (non-hydrogen) atoms. The molecule has 5 nitrogen and oxygen atoms in total. The molecule has 1 aromatic rings. The highest BCUT2D eigenvalue weighted by Crippen LogP contribution is 2.18. The van der Waals surface area contributed by atoms with E-state index >= 15 is 0 Å². The van der Waals surface area contributed by atoms with Gasteiger partial charge in [-0.3, -0.25) is 9.69 Å². The lowest BCUT2D eigenvalue weighted by Crippen LogP contribution is -2.38. The monoisotopic (exact) mass is 293 g/mol. The zero-order valence-corrected chi connectivity index (χ0v) is 12.5. The van der Waals surface area contributed by atoms with Gasteiger partial charge in [-0.2, -0.15) is 0 Å². The number of carbonyl (C=O) groups is 1. The highest BCUT2D eigenvalue weighted by atomic mass is 16.5. The first-order valence-electron chi connectivity index (χ1n) is 7.44. The third kappa shape index (κ3) is 5.12. The van der Waals surface area contributed by atoms with Crippen LogP contribution in [0.2, 0.25) is 0 Å². The standard InChI is InChI=1S/C16H23NO4/c1-2-19-13-15(18)14-5-3-4-6-16(14)21-12-9-17-7-10-20-11-8-17/h3-6H,2,7-13H2,1H3. The zero-order chi connectivity index (χ0) is 14.9. The second kappa shape index (κ2) is 8.77. The molecule has 1 saturated heterocycles. The molecule has 0 radical (unpaired) electrons. The van der Waals surface area contributed by atoms with Gasteiger partial charge in [0.1, 0.15) is 19.0 Å². The highest BCUT2D eigenvalue weighted by molar-refractivity contribution is 5.99. The van der Waals surface area contributed by atoms with Crippen LogP contribution in [0.1, 0.15) is 17.3 Å². The second-order valence-corrected chi connectivity index (χ2v) is 4.86. The maximum atomic E-state index is 12.1. The summed E-state index contributed by atoms with van der Waals surface area (Å²) < 4.78 is 16.3. The number of morpholine rings is 1. The molecule has 0 saturated carbocycles. The summed E-state index contributed by atoms with van der Waals surface area (Å²) in [5.41, 5.74) is 0.591. The van der Waals surface area contributed by atoms with E-state index in [1.807, 2.05) is 25.1 Å². The predicted molar refractivity (Wildman–Crippen MR) is 80.0 cm³/mol. The Kier molecular flexibility index (Phi) is 6.66. The summed E-state index contributed by atoms with van der Waals surface area (Å²) in [5, 5.41) is 0. The largest absolute Gasteiger partial charge is 0.491 e. The Bertz CT molecular complexity index is 444. The Morgan fingerprint density at radius 2 is 2.05 bits per heavy atom. The number of rotatable bonds is 8. The maximum Gasteiger partial charge on any atom is 0.192 e. The van der Waals surface area contributed by atoms with E-state index < -0.39 is 0 Å². The fourth-order valence-corrected chi connectivity index (χ4v) is 2.20. The number of carbonyl (C=O) groups excluding carboxylic acids is 1. The van der Waals surface area contributed by atoms with Crippen molar-refractivity contribution in [2.75, 3.05) is 52.7 Å². The van der Waals surface area contributed by atoms with E-state index in [2.05, 4.69) is 4.90 Å². The van der Waals surface area contributed by atoms with E-state index in [-0.39, 0.29) is 12.4 Å². The van der Waals surface area contributed by atoms with Crippen LogP contribution in [0, 0.1) is 0 Å². The van der Waals surface area contributed by atoms with E-state index in [4.69, 9.17) is 14.2 Å². The van der Waals surface area contributed by atoms with E-state index in [0.29, 0.717) is 24.5 Å². The number of nitrogens with zero attached hydrogens (tertiary/aromatic N) is 1. The van der Waals surface area contributed by atoms with Crippen LogP contribution in [-0.2, 0) is 9.47 Å². The van der Waals surface area contributed by atoms with Gasteiger partial charge in [-0.25, -0.2) is 0 Å². The highest BCUT2D eigenvalue weighted by Gasteiger charge is 2.13. The van der Waals surface area contributed by atoms with Crippen molar-refractivity contribution in [3.8, 4) is 5.75 Å². The summed E-state index contributed by atoms with van der Waals surface area (Å²) in [7, 11) is 0. The van der Waals surface area contributed by atoms with Crippen molar-refractivity contribution in [1.82, 2.24) is 4.90 Å². The van der Waals surface area contributed by atoms with Gasteiger partial charge < -0.3 is 14.2 Å². The van der Waals surface area contributed by atoms with Gasteiger partial charge in [-0.15, -0.1) is 0 Å². The topological polar surface area (TPSA) is 48.0 Å². The van der Waals surface area contributed by atoms with Crippen molar-refractivity contribution in [3.05, 3.63) is 29.8 Å². The average Bonchev–Trinajstić information content (AvgIpc) is 2.54. The lowest BCUT2D eigenvalue weighted by Gasteiger charge is -2.26. The van der Waals surface area contributed by atoms with Crippen molar-refractivity contribution in [2.45, 2.75) is 6.92 Å². The molecule has 1 aliphatic heterocycles. The molecule has 2 rings (SSSR count). The van der Waals surface area contributed by atoms with Gasteiger partial charge in [0.25, 0.3) is 0 Å². The van der Waals surface area contributed by atoms with Crippen molar-refractivity contribution in [3.63, 3.8) is 0 Å². The van der Waals surface area contributed by atoms with Gasteiger partial charge in [0.2, 0.25) is 0 Å². The molecular formula is C16H23NO4. The van der Waals surface area contributed by atoms with Crippen LogP contribution < -0.4 is 4.74 Å². The quantitative estimate of drug-likeness (QED) is 0.682. The Balaban J connectivity index is 1.85. The van der Waals surface area contributed by atoms with Crippen molar-refractivity contribution in [1.29, 1.82) is 0 Å². The molecule has 1 aliphatic rings. The molecule has 0 aliphatic carbocycles. The van der Waals surface area contributed by atoms with Crippen LogP contribution in [0.4, 0.5) is 0 Å². The first kappa shape index (κ1) is 15.9. The normalized spacial score (nSPS) is 15.9. The molecule has 0 aromatic heterocycles. The van der Waals surface area contributed by atoms with E-state index in [0.717, 1.165) is 32.8 Å². The first-order valence-corrected chi connectivity index (χ1v) is 7.44. The number of ether oxygens (including phenoxy) is 3. The Morgan fingerprint density at radius 3 is 2.81 bits per heavy atom. The van der Waals surface area contributed by atoms with Crippen LogP contribution in [-0.4, -0.2) is 63.4 Å². The summed E-state index contributed by atoms with van der Waals surface area (Å²) in [4.78, 5) is 14.4. The van der Waals surface area contributed by atoms with Gasteiger partial charge >= 0.3 is 0 Å². The maximum absolute atomic E-state index is 12.1. The molecule has 1 aromatic carbocycles. The van der Waals surface area contributed by atoms with Crippen molar-refractivity contribution in [2.24, 2.45) is 0 Å².